The van der Waals surface area contributed by atoms with Gasteiger partial charge < -0.3 is 0 Å². The summed E-state index contributed by atoms with van der Waals surface area (Å²) in [6.45, 7) is 3.60. The summed E-state index contributed by atoms with van der Waals surface area (Å²) in [5, 5.41) is 0. The molecule has 0 amide bonds. The zero-order valence-electron chi connectivity index (χ0n) is 6.11. The van der Waals surface area contributed by atoms with Gasteiger partial charge in [0, 0.05) is 6.07 Å². The van der Waals surface area contributed by atoms with Gasteiger partial charge in [-0.3, -0.25) is 0 Å². The fourth-order valence-corrected chi connectivity index (χ4v) is 0.959. The van der Waals surface area contributed by atoms with Gasteiger partial charge in [0.2, 0.25) is 0 Å². The molecular weight excluding hydrogens is 146 g/mol. The Balaban J connectivity index is 2.89. The lowest BCUT2D eigenvalue weighted by Crippen LogP contribution is -1.87. The van der Waals surface area contributed by atoms with E-state index in [2.05, 4.69) is 6.92 Å². The monoisotopic (exact) mass is 155 g/mol. The first-order valence-electron chi connectivity index (χ1n) is 3.46. The summed E-state index contributed by atoms with van der Waals surface area (Å²) in [6.07, 6.45) is 1.28. The van der Waals surface area contributed by atoms with Crippen LogP contribution in [0.1, 0.15) is 12.0 Å². The van der Waals surface area contributed by atoms with E-state index >= 15 is 0 Å². The molecule has 2 heteroatoms. The summed E-state index contributed by atoms with van der Waals surface area (Å²) >= 11 is 0. The van der Waals surface area contributed by atoms with Crippen LogP contribution in [0.15, 0.2) is 18.2 Å². The molecule has 0 atom stereocenters. The Morgan fingerprint density at radius 1 is 1.09 bits per heavy atom. The fraction of sp³-hybridized carbons (Fsp3) is 0.222. The van der Waals surface area contributed by atoms with Crippen molar-refractivity contribution in [2.45, 2.75) is 12.8 Å². The molecule has 0 spiro atoms. The van der Waals surface area contributed by atoms with Crippen LogP contribution in [-0.4, -0.2) is 0 Å². The summed E-state index contributed by atoms with van der Waals surface area (Å²) in [5.74, 6) is -1.04. The molecule has 0 aliphatic carbocycles. The molecule has 59 valence electrons. The highest BCUT2D eigenvalue weighted by Crippen LogP contribution is 2.09. The van der Waals surface area contributed by atoms with Gasteiger partial charge in [0.1, 0.15) is 11.6 Å². The minimum atomic E-state index is -0.520. The van der Waals surface area contributed by atoms with Crippen molar-refractivity contribution in [3.05, 3.63) is 42.3 Å². The first-order valence-corrected chi connectivity index (χ1v) is 3.46. The highest BCUT2D eigenvalue weighted by atomic mass is 19.1. The molecule has 0 unspecified atom stereocenters. The molecule has 0 aromatic heterocycles. The van der Waals surface area contributed by atoms with Crippen molar-refractivity contribution in [2.75, 3.05) is 0 Å². The molecule has 0 saturated heterocycles. The summed E-state index contributed by atoms with van der Waals surface area (Å²) in [4.78, 5) is 0. The number of hydrogen-bond donors (Lipinski definition) is 0. The molecule has 1 aromatic carbocycles. The van der Waals surface area contributed by atoms with E-state index in [4.69, 9.17) is 0 Å². The Hall–Kier alpha value is -0.920. The Labute approximate surface area is 64.9 Å². The molecule has 0 N–H and O–H groups in total. The maximum atomic E-state index is 12.5. The molecule has 0 aliphatic heterocycles. The van der Waals surface area contributed by atoms with Crippen LogP contribution < -0.4 is 0 Å². The first-order chi connectivity index (χ1) is 5.22. The van der Waals surface area contributed by atoms with Crippen LogP contribution in [0.2, 0.25) is 0 Å². The normalized spacial score (nSPS) is 10.1. The molecule has 0 saturated carbocycles. The Bertz CT molecular complexity index is 223. The second-order valence-electron chi connectivity index (χ2n) is 2.38. The van der Waals surface area contributed by atoms with Crippen LogP contribution >= 0.6 is 0 Å². The molecule has 0 aliphatic rings. The summed E-state index contributed by atoms with van der Waals surface area (Å²) in [7, 11) is 0. The molecule has 0 fully saturated rings. The molecule has 0 bridgehead atoms. The molecule has 0 heterocycles. The SMILES string of the molecule is [CH2]CCc1cc(F)cc(F)c1. The largest absolute Gasteiger partial charge is 0.207 e. The lowest BCUT2D eigenvalue weighted by atomic mass is 10.1. The second-order valence-corrected chi connectivity index (χ2v) is 2.38. The Morgan fingerprint density at radius 3 is 2.09 bits per heavy atom. The van der Waals surface area contributed by atoms with Gasteiger partial charge in [0.25, 0.3) is 0 Å². The quantitative estimate of drug-likeness (QED) is 0.616. The zero-order chi connectivity index (χ0) is 8.27. The number of aryl methyl sites for hydroxylation is 1. The van der Waals surface area contributed by atoms with Crippen LogP contribution in [0.3, 0.4) is 0 Å². The van der Waals surface area contributed by atoms with Gasteiger partial charge in [-0.05, 0) is 30.5 Å². The number of rotatable bonds is 2. The zero-order valence-corrected chi connectivity index (χ0v) is 6.11. The minimum Gasteiger partial charge on any atom is -0.207 e. The third-order valence-electron chi connectivity index (χ3n) is 1.39. The van der Waals surface area contributed by atoms with Crippen molar-refractivity contribution < 1.29 is 8.78 Å². The van der Waals surface area contributed by atoms with Gasteiger partial charge in [-0.1, -0.05) is 6.92 Å². The van der Waals surface area contributed by atoms with Crippen LogP contribution in [0.25, 0.3) is 0 Å². The van der Waals surface area contributed by atoms with E-state index in [1.807, 2.05) is 0 Å². The maximum Gasteiger partial charge on any atom is 0.126 e. The smallest absolute Gasteiger partial charge is 0.126 e. The summed E-state index contributed by atoms with van der Waals surface area (Å²) < 4.78 is 25.0. The lowest BCUT2D eigenvalue weighted by Gasteiger charge is -1.98. The standard InChI is InChI=1S/C9H9F2/c1-2-3-7-4-8(10)6-9(11)5-7/h4-6H,1-3H2. The highest BCUT2D eigenvalue weighted by Gasteiger charge is 1.98. The third-order valence-corrected chi connectivity index (χ3v) is 1.39. The van der Waals surface area contributed by atoms with Crippen molar-refractivity contribution in [2.24, 2.45) is 0 Å². The van der Waals surface area contributed by atoms with Crippen molar-refractivity contribution >= 4 is 0 Å². The third kappa shape index (κ3) is 2.30. The van der Waals surface area contributed by atoms with Crippen LogP contribution in [0.4, 0.5) is 8.78 Å². The first kappa shape index (κ1) is 8.18. The van der Waals surface area contributed by atoms with E-state index in [0.29, 0.717) is 18.4 Å². The predicted molar refractivity (Wildman–Crippen MR) is 40.0 cm³/mol. The minimum absolute atomic E-state index is 0.520. The van der Waals surface area contributed by atoms with Crippen LogP contribution in [0, 0.1) is 18.6 Å². The van der Waals surface area contributed by atoms with Gasteiger partial charge in [0.15, 0.2) is 0 Å². The Morgan fingerprint density at radius 2 is 1.64 bits per heavy atom. The van der Waals surface area contributed by atoms with Crippen molar-refractivity contribution in [1.82, 2.24) is 0 Å². The van der Waals surface area contributed by atoms with Crippen molar-refractivity contribution in [3.8, 4) is 0 Å². The molecule has 1 rings (SSSR count). The fourth-order valence-electron chi connectivity index (χ4n) is 0.959. The predicted octanol–water partition coefficient (Wildman–Crippen LogP) is 2.73. The summed E-state index contributed by atoms with van der Waals surface area (Å²) in [6, 6.07) is 3.52. The average molecular weight is 155 g/mol. The van der Waals surface area contributed by atoms with E-state index in [1.54, 1.807) is 0 Å². The molecular formula is C9H9F2. The van der Waals surface area contributed by atoms with Crippen molar-refractivity contribution in [3.63, 3.8) is 0 Å². The topological polar surface area (TPSA) is 0 Å². The van der Waals surface area contributed by atoms with Gasteiger partial charge in [-0.25, -0.2) is 8.78 Å². The van der Waals surface area contributed by atoms with E-state index in [-0.39, 0.29) is 0 Å². The number of halogens is 2. The average Bonchev–Trinajstić information content (AvgIpc) is 1.85. The van der Waals surface area contributed by atoms with E-state index in [9.17, 15) is 8.78 Å². The van der Waals surface area contributed by atoms with Gasteiger partial charge in [0.05, 0.1) is 0 Å². The van der Waals surface area contributed by atoms with Gasteiger partial charge >= 0.3 is 0 Å². The summed E-state index contributed by atoms with van der Waals surface area (Å²) in [5.41, 5.74) is 0.664. The van der Waals surface area contributed by atoms with Crippen LogP contribution in [-0.2, 0) is 6.42 Å². The molecule has 1 radical (unpaired) electrons. The van der Waals surface area contributed by atoms with E-state index < -0.39 is 11.6 Å². The molecule has 0 nitrogen and oxygen atoms in total. The molecule has 1 aromatic rings. The van der Waals surface area contributed by atoms with Gasteiger partial charge in [-0.15, -0.1) is 0 Å². The van der Waals surface area contributed by atoms with Gasteiger partial charge in [-0.2, -0.15) is 0 Å². The Kier molecular flexibility index (Phi) is 2.58. The second kappa shape index (κ2) is 3.46. The maximum absolute atomic E-state index is 12.5. The molecule has 11 heavy (non-hydrogen) atoms. The van der Waals surface area contributed by atoms with E-state index in [1.165, 1.54) is 12.1 Å². The number of hydrogen-bond acceptors (Lipinski definition) is 0. The lowest BCUT2D eigenvalue weighted by molar-refractivity contribution is 0.579. The number of benzene rings is 1. The van der Waals surface area contributed by atoms with Crippen molar-refractivity contribution in [1.29, 1.82) is 0 Å². The van der Waals surface area contributed by atoms with Crippen LogP contribution in [0.5, 0.6) is 0 Å². The van der Waals surface area contributed by atoms with E-state index in [0.717, 1.165) is 6.07 Å². The highest BCUT2D eigenvalue weighted by molar-refractivity contribution is 5.17.